The highest BCUT2D eigenvalue weighted by molar-refractivity contribution is 7.94. The average molecular weight is 284 g/mol. The number of hydrogen-bond donors (Lipinski definition) is 1. The number of nitrogens with one attached hydrogen (secondary N) is 1. The maximum absolute atomic E-state index is 12.1. The van der Waals surface area contributed by atoms with Gasteiger partial charge in [0.05, 0.1) is 0 Å². The number of hydrogen-bond acceptors (Lipinski definition) is 5. The fourth-order valence-electron chi connectivity index (χ4n) is 1.74. The minimum absolute atomic E-state index is 0.296. The third kappa shape index (κ3) is 2.15. The minimum atomic E-state index is -3.54. The monoisotopic (exact) mass is 284 g/mol. The summed E-state index contributed by atoms with van der Waals surface area (Å²) in [6.45, 7) is 1.87. The molecule has 1 aliphatic rings. The quantitative estimate of drug-likeness (QED) is 0.937. The van der Waals surface area contributed by atoms with E-state index in [1.807, 2.05) is 6.92 Å². The van der Waals surface area contributed by atoms with Gasteiger partial charge in [0.25, 0.3) is 10.0 Å². The van der Waals surface area contributed by atoms with Gasteiger partial charge in [-0.05, 0) is 37.8 Å². The van der Waals surface area contributed by atoms with Gasteiger partial charge in [0.1, 0.15) is 10.5 Å². The van der Waals surface area contributed by atoms with Gasteiger partial charge in [0.15, 0.2) is 5.82 Å². The molecule has 1 fully saturated rings. The number of anilines is 1. The molecule has 2 aromatic rings. The van der Waals surface area contributed by atoms with Crippen molar-refractivity contribution in [1.82, 2.24) is 5.16 Å². The largest absolute Gasteiger partial charge is 0.362 e. The minimum Gasteiger partial charge on any atom is -0.362 e. The first kappa shape index (κ1) is 11.7. The zero-order valence-corrected chi connectivity index (χ0v) is 11.3. The van der Waals surface area contributed by atoms with Gasteiger partial charge in [-0.3, -0.25) is 4.72 Å². The molecule has 18 heavy (non-hydrogen) atoms. The molecule has 2 aromatic heterocycles. The van der Waals surface area contributed by atoms with E-state index in [2.05, 4.69) is 9.88 Å². The van der Waals surface area contributed by atoms with Crippen molar-refractivity contribution in [3.63, 3.8) is 0 Å². The molecule has 0 aliphatic heterocycles. The van der Waals surface area contributed by atoms with Gasteiger partial charge in [0.2, 0.25) is 0 Å². The van der Waals surface area contributed by atoms with Crippen molar-refractivity contribution in [2.45, 2.75) is 29.9 Å². The van der Waals surface area contributed by atoms with E-state index in [0.717, 1.165) is 23.3 Å². The number of nitrogens with zero attached hydrogens (tertiary/aromatic N) is 1. The molecule has 5 nitrogen and oxygen atoms in total. The Hall–Kier alpha value is -1.34. The van der Waals surface area contributed by atoms with Gasteiger partial charge in [-0.2, -0.15) is 0 Å². The Labute approximate surface area is 109 Å². The second-order valence-corrected chi connectivity index (χ2v) is 7.56. The summed E-state index contributed by atoms with van der Waals surface area (Å²) in [5.41, 5.74) is 0.854. The third-order valence-corrected chi connectivity index (χ3v) is 5.66. The number of sulfonamides is 1. The highest BCUT2D eigenvalue weighted by Gasteiger charge is 2.30. The van der Waals surface area contributed by atoms with Crippen LogP contribution in [0.3, 0.4) is 0 Å². The Balaban J connectivity index is 1.89. The second-order valence-electron chi connectivity index (χ2n) is 4.36. The van der Waals surface area contributed by atoms with E-state index in [-0.39, 0.29) is 0 Å². The fraction of sp³-hybridized carbons (Fsp3) is 0.364. The van der Waals surface area contributed by atoms with Crippen LogP contribution in [-0.4, -0.2) is 13.6 Å². The Morgan fingerprint density at radius 1 is 1.44 bits per heavy atom. The van der Waals surface area contributed by atoms with E-state index < -0.39 is 10.0 Å². The summed E-state index contributed by atoms with van der Waals surface area (Å²) < 4.78 is 31.9. The molecule has 7 heteroatoms. The van der Waals surface area contributed by atoms with Gasteiger partial charge in [-0.15, -0.1) is 11.3 Å². The Kier molecular flexibility index (Phi) is 2.67. The molecule has 0 saturated heterocycles. The van der Waals surface area contributed by atoms with Crippen LogP contribution in [0.1, 0.15) is 29.2 Å². The molecule has 0 spiro atoms. The van der Waals surface area contributed by atoms with Crippen molar-refractivity contribution >= 4 is 27.2 Å². The lowest BCUT2D eigenvalue weighted by Gasteiger charge is -2.03. The average Bonchev–Trinajstić information content (AvgIpc) is 2.88. The third-order valence-electron chi connectivity index (χ3n) is 2.83. The van der Waals surface area contributed by atoms with E-state index in [4.69, 9.17) is 4.52 Å². The predicted octanol–water partition coefficient (Wildman–Crippen LogP) is 2.72. The molecular formula is C11H12N2O3S2. The van der Waals surface area contributed by atoms with Crippen molar-refractivity contribution in [2.24, 2.45) is 0 Å². The van der Waals surface area contributed by atoms with E-state index >= 15 is 0 Å². The molecule has 0 atom stereocenters. The lowest BCUT2D eigenvalue weighted by atomic mass is 10.2. The molecule has 0 amide bonds. The summed E-state index contributed by atoms with van der Waals surface area (Å²) in [6, 6.07) is 3.38. The molecule has 0 bridgehead atoms. The van der Waals surface area contributed by atoms with Crippen LogP contribution in [0.5, 0.6) is 0 Å². The first-order valence-electron chi connectivity index (χ1n) is 5.60. The van der Waals surface area contributed by atoms with Crippen LogP contribution in [-0.2, 0) is 10.0 Å². The molecule has 1 saturated carbocycles. The van der Waals surface area contributed by atoms with Gasteiger partial charge >= 0.3 is 0 Å². The smallest absolute Gasteiger partial charge is 0.272 e. The summed E-state index contributed by atoms with van der Waals surface area (Å²) in [6.07, 6.45) is 3.65. The lowest BCUT2D eigenvalue weighted by molar-refractivity contribution is 0.422. The van der Waals surface area contributed by atoms with E-state index in [1.165, 1.54) is 17.6 Å². The Bertz CT molecular complexity index is 668. The Morgan fingerprint density at radius 2 is 2.22 bits per heavy atom. The summed E-state index contributed by atoms with van der Waals surface area (Å²) in [4.78, 5) is 0.956. The van der Waals surface area contributed by atoms with Crippen LogP contribution in [0.25, 0.3) is 0 Å². The maximum atomic E-state index is 12.1. The van der Waals surface area contributed by atoms with E-state index in [1.54, 1.807) is 12.1 Å². The molecule has 3 rings (SSSR count). The fourth-order valence-corrected chi connectivity index (χ4v) is 4.05. The summed E-state index contributed by atoms with van der Waals surface area (Å²) in [7, 11) is -3.54. The molecule has 0 radical (unpaired) electrons. The maximum Gasteiger partial charge on any atom is 0.272 e. The SMILES string of the molecule is Cc1ccc(S(=O)(=O)Nc2nocc2C2CC2)s1. The first-order chi connectivity index (χ1) is 8.56. The highest BCUT2D eigenvalue weighted by atomic mass is 32.2. The standard InChI is InChI=1S/C11H12N2O3S2/c1-7-2-5-10(17-7)18(14,15)13-11-9(6-16-12-11)8-3-4-8/h2,5-6,8H,3-4H2,1H3,(H,12,13). The van der Waals surface area contributed by atoms with Crippen LogP contribution < -0.4 is 4.72 Å². The van der Waals surface area contributed by atoms with Crippen LogP contribution in [0.15, 0.2) is 27.1 Å². The van der Waals surface area contributed by atoms with Gasteiger partial charge in [0, 0.05) is 10.4 Å². The van der Waals surface area contributed by atoms with Crippen LogP contribution >= 0.6 is 11.3 Å². The van der Waals surface area contributed by atoms with Crippen molar-refractivity contribution in [3.8, 4) is 0 Å². The zero-order chi connectivity index (χ0) is 12.8. The lowest BCUT2D eigenvalue weighted by Crippen LogP contribution is -2.12. The number of aryl methyl sites for hydroxylation is 1. The molecular weight excluding hydrogens is 272 g/mol. The van der Waals surface area contributed by atoms with E-state index in [0.29, 0.717) is 15.9 Å². The molecule has 2 heterocycles. The number of thiophene rings is 1. The van der Waals surface area contributed by atoms with Crippen molar-refractivity contribution in [1.29, 1.82) is 0 Å². The second kappa shape index (κ2) is 4.10. The molecule has 0 aromatic carbocycles. The first-order valence-corrected chi connectivity index (χ1v) is 7.90. The number of rotatable bonds is 4. The zero-order valence-electron chi connectivity index (χ0n) is 9.71. The topological polar surface area (TPSA) is 72.2 Å². The van der Waals surface area contributed by atoms with Crippen molar-refractivity contribution in [3.05, 3.63) is 28.8 Å². The predicted molar refractivity (Wildman–Crippen MR) is 68.3 cm³/mol. The van der Waals surface area contributed by atoms with Gasteiger partial charge in [-0.25, -0.2) is 8.42 Å². The summed E-state index contributed by atoms with van der Waals surface area (Å²) >= 11 is 1.24. The molecule has 1 N–H and O–H groups in total. The van der Waals surface area contributed by atoms with Crippen LogP contribution in [0.2, 0.25) is 0 Å². The summed E-state index contributed by atoms with van der Waals surface area (Å²) in [5, 5.41) is 3.73. The molecule has 96 valence electrons. The van der Waals surface area contributed by atoms with Crippen molar-refractivity contribution < 1.29 is 12.9 Å². The van der Waals surface area contributed by atoms with Crippen LogP contribution in [0, 0.1) is 6.92 Å². The van der Waals surface area contributed by atoms with Crippen molar-refractivity contribution in [2.75, 3.05) is 4.72 Å². The van der Waals surface area contributed by atoms with Gasteiger partial charge in [-0.1, -0.05) is 5.16 Å². The van der Waals surface area contributed by atoms with Gasteiger partial charge < -0.3 is 4.52 Å². The highest BCUT2D eigenvalue weighted by Crippen LogP contribution is 2.43. The summed E-state index contributed by atoms with van der Waals surface area (Å²) in [5.74, 6) is 0.711. The molecule has 1 aliphatic carbocycles. The van der Waals surface area contributed by atoms with Crippen LogP contribution in [0.4, 0.5) is 5.82 Å². The number of aromatic nitrogens is 1. The Morgan fingerprint density at radius 3 is 2.83 bits per heavy atom. The van der Waals surface area contributed by atoms with E-state index in [9.17, 15) is 8.42 Å². The normalized spacial score (nSPS) is 15.8. The molecule has 0 unspecified atom stereocenters.